The number of hydrogen-bond acceptors (Lipinski definition) is 3. The molecule has 0 bridgehead atoms. The van der Waals surface area contributed by atoms with Gasteiger partial charge in [-0.05, 0) is 43.0 Å². The largest absolute Gasteiger partial charge is 0.464 e. The van der Waals surface area contributed by atoms with Crippen molar-refractivity contribution in [2.75, 3.05) is 6.61 Å². The maximum Gasteiger partial charge on any atom is 0.302 e. The molecule has 2 aromatic rings. The molecular weight excluding hydrogens is 278 g/mol. The first-order valence-corrected chi connectivity index (χ1v) is 6.73. The zero-order chi connectivity index (χ0) is 14.9. The average molecular weight is 294 g/mol. The first-order valence-electron chi connectivity index (χ1n) is 6.35. The Balaban J connectivity index is 2.47. The monoisotopic (exact) mass is 293 g/mol. The van der Waals surface area contributed by atoms with Crippen molar-refractivity contribution in [1.82, 2.24) is 4.57 Å². The van der Waals surface area contributed by atoms with Crippen LogP contribution in [0.25, 0.3) is 10.8 Å². The molecule has 106 valence electrons. The number of ether oxygens (including phenoxy) is 1. The molecule has 0 aliphatic carbocycles. The summed E-state index contributed by atoms with van der Waals surface area (Å²) in [4.78, 5) is 23.3. The molecule has 0 aliphatic heterocycles. The van der Waals surface area contributed by atoms with Crippen molar-refractivity contribution in [3.8, 4) is 0 Å². The second-order valence-corrected chi connectivity index (χ2v) is 5.22. The summed E-state index contributed by atoms with van der Waals surface area (Å²) >= 11 is 6.06. The van der Waals surface area contributed by atoms with Gasteiger partial charge in [0.15, 0.2) is 0 Å². The SMILES string of the molecule is CC(=O)OC[C@@H](C)n1ccc2c(C)c(Cl)ccc2c1=O. The van der Waals surface area contributed by atoms with Gasteiger partial charge < -0.3 is 9.30 Å². The van der Waals surface area contributed by atoms with E-state index < -0.39 is 0 Å². The topological polar surface area (TPSA) is 48.3 Å². The van der Waals surface area contributed by atoms with Gasteiger partial charge in [-0.2, -0.15) is 0 Å². The second kappa shape index (κ2) is 5.67. The van der Waals surface area contributed by atoms with E-state index in [0.717, 1.165) is 10.9 Å². The zero-order valence-corrected chi connectivity index (χ0v) is 12.4. The lowest BCUT2D eigenvalue weighted by Gasteiger charge is -2.16. The summed E-state index contributed by atoms with van der Waals surface area (Å²) in [6.45, 7) is 5.24. The van der Waals surface area contributed by atoms with Gasteiger partial charge in [0.2, 0.25) is 0 Å². The Labute approximate surface area is 121 Å². The number of aryl methyl sites for hydroxylation is 1. The molecule has 0 radical (unpaired) electrons. The van der Waals surface area contributed by atoms with Gasteiger partial charge in [-0.15, -0.1) is 0 Å². The molecule has 2 rings (SSSR count). The summed E-state index contributed by atoms with van der Waals surface area (Å²) in [5.74, 6) is -0.353. The fraction of sp³-hybridized carbons (Fsp3) is 0.333. The van der Waals surface area contributed by atoms with Gasteiger partial charge in [0.1, 0.15) is 6.61 Å². The summed E-state index contributed by atoms with van der Waals surface area (Å²) in [5.41, 5.74) is 0.781. The molecular formula is C15H16ClNO3. The molecule has 4 nitrogen and oxygen atoms in total. The fourth-order valence-electron chi connectivity index (χ4n) is 2.13. The Kier molecular flexibility index (Phi) is 4.14. The molecule has 1 heterocycles. The van der Waals surface area contributed by atoms with Crippen LogP contribution in [0.1, 0.15) is 25.5 Å². The molecule has 20 heavy (non-hydrogen) atoms. The Bertz CT molecular complexity index is 721. The molecule has 1 atom stereocenters. The Morgan fingerprint density at radius 1 is 1.35 bits per heavy atom. The van der Waals surface area contributed by atoms with Crippen LogP contribution in [0.3, 0.4) is 0 Å². The third-order valence-corrected chi connectivity index (χ3v) is 3.73. The van der Waals surface area contributed by atoms with Crippen LogP contribution in [0.2, 0.25) is 5.02 Å². The molecule has 5 heteroatoms. The number of aromatic nitrogens is 1. The highest BCUT2D eigenvalue weighted by atomic mass is 35.5. The minimum absolute atomic E-state index is 0.109. The van der Waals surface area contributed by atoms with Crippen molar-refractivity contribution < 1.29 is 9.53 Å². The van der Waals surface area contributed by atoms with Gasteiger partial charge in [0, 0.05) is 23.5 Å². The number of hydrogen-bond donors (Lipinski definition) is 0. The molecule has 0 saturated carbocycles. The first kappa shape index (κ1) is 14.6. The van der Waals surface area contributed by atoms with Crippen LogP contribution in [0.5, 0.6) is 0 Å². The highest BCUT2D eigenvalue weighted by Gasteiger charge is 2.12. The highest BCUT2D eigenvalue weighted by Crippen LogP contribution is 2.23. The van der Waals surface area contributed by atoms with Gasteiger partial charge in [0.25, 0.3) is 5.56 Å². The minimum atomic E-state index is -0.353. The normalized spacial score (nSPS) is 12.4. The van der Waals surface area contributed by atoms with Gasteiger partial charge in [0.05, 0.1) is 6.04 Å². The van der Waals surface area contributed by atoms with Crippen LogP contribution in [0, 0.1) is 6.92 Å². The lowest BCUT2D eigenvalue weighted by Crippen LogP contribution is -2.26. The van der Waals surface area contributed by atoms with Crippen molar-refractivity contribution in [3.63, 3.8) is 0 Å². The molecule has 0 unspecified atom stereocenters. The van der Waals surface area contributed by atoms with Gasteiger partial charge >= 0.3 is 5.97 Å². The lowest BCUT2D eigenvalue weighted by atomic mass is 10.1. The van der Waals surface area contributed by atoms with Crippen molar-refractivity contribution in [2.45, 2.75) is 26.8 Å². The van der Waals surface area contributed by atoms with Gasteiger partial charge in [-0.25, -0.2) is 0 Å². The van der Waals surface area contributed by atoms with Gasteiger partial charge in [-0.1, -0.05) is 11.6 Å². The smallest absolute Gasteiger partial charge is 0.302 e. The lowest BCUT2D eigenvalue weighted by molar-refractivity contribution is -0.141. The van der Waals surface area contributed by atoms with Crippen LogP contribution in [-0.2, 0) is 9.53 Å². The number of nitrogens with zero attached hydrogens (tertiary/aromatic N) is 1. The average Bonchev–Trinajstić information content (AvgIpc) is 2.41. The molecule has 1 aromatic carbocycles. The zero-order valence-electron chi connectivity index (χ0n) is 11.6. The van der Waals surface area contributed by atoms with Gasteiger partial charge in [-0.3, -0.25) is 9.59 Å². The van der Waals surface area contributed by atoms with E-state index in [1.54, 1.807) is 22.9 Å². The molecule has 0 saturated heterocycles. The maximum absolute atomic E-state index is 12.5. The molecule has 0 amide bonds. The van der Waals surface area contributed by atoms with E-state index in [-0.39, 0.29) is 24.2 Å². The summed E-state index contributed by atoms with van der Waals surface area (Å²) in [7, 11) is 0. The molecule has 0 fully saturated rings. The number of halogens is 1. The van der Waals surface area contributed by atoms with E-state index in [0.29, 0.717) is 10.4 Å². The Morgan fingerprint density at radius 3 is 2.70 bits per heavy atom. The van der Waals surface area contributed by atoms with Crippen LogP contribution in [0.15, 0.2) is 29.2 Å². The highest BCUT2D eigenvalue weighted by molar-refractivity contribution is 6.32. The Morgan fingerprint density at radius 2 is 2.05 bits per heavy atom. The maximum atomic E-state index is 12.5. The molecule has 0 aliphatic rings. The van der Waals surface area contributed by atoms with Crippen molar-refractivity contribution in [2.24, 2.45) is 0 Å². The third-order valence-electron chi connectivity index (χ3n) is 3.32. The third kappa shape index (κ3) is 2.70. The van der Waals surface area contributed by atoms with E-state index in [9.17, 15) is 9.59 Å². The van der Waals surface area contributed by atoms with E-state index in [4.69, 9.17) is 16.3 Å². The number of fused-ring (bicyclic) bond motifs is 1. The van der Waals surface area contributed by atoms with Crippen molar-refractivity contribution in [1.29, 1.82) is 0 Å². The molecule has 0 N–H and O–H groups in total. The summed E-state index contributed by atoms with van der Waals surface area (Å²) in [6, 6.07) is 5.10. The van der Waals surface area contributed by atoms with Crippen LogP contribution >= 0.6 is 11.6 Å². The molecule has 1 aromatic heterocycles. The number of carbonyl (C=O) groups is 1. The fourth-order valence-corrected chi connectivity index (χ4v) is 2.29. The second-order valence-electron chi connectivity index (χ2n) is 4.81. The predicted octanol–water partition coefficient (Wildman–Crippen LogP) is 3.09. The van der Waals surface area contributed by atoms with Crippen LogP contribution < -0.4 is 5.56 Å². The summed E-state index contributed by atoms with van der Waals surface area (Å²) < 4.78 is 6.52. The van der Waals surface area contributed by atoms with E-state index in [1.165, 1.54) is 6.92 Å². The van der Waals surface area contributed by atoms with Crippen LogP contribution in [-0.4, -0.2) is 17.1 Å². The van der Waals surface area contributed by atoms with E-state index in [1.807, 2.05) is 19.9 Å². The van der Waals surface area contributed by atoms with Crippen molar-refractivity contribution in [3.05, 3.63) is 45.3 Å². The molecule has 0 spiro atoms. The number of rotatable bonds is 3. The van der Waals surface area contributed by atoms with Crippen molar-refractivity contribution >= 4 is 28.3 Å². The van der Waals surface area contributed by atoms with Crippen LogP contribution in [0.4, 0.5) is 0 Å². The number of carbonyl (C=O) groups excluding carboxylic acids is 1. The Hall–Kier alpha value is -1.81. The number of esters is 1. The first-order chi connectivity index (χ1) is 9.41. The summed E-state index contributed by atoms with van der Waals surface area (Å²) in [5, 5.41) is 2.10. The van der Waals surface area contributed by atoms with E-state index in [2.05, 4.69) is 0 Å². The summed E-state index contributed by atoms with van der Waals surface area (Å²) in [6.07, 6.45) is 1.71. The minimum Gasteiger partial charge on any atom is -0.464 e. The standard InChI is InChI=1S/C15H16ClNO3/c1-9(8-20-11(3)18)17-7-6-12-10(2)14(16)5-4-13(12)15(17)19/h4-7,9H,8H2,1-3H3/t9-/m1/s1. The predicted molar refractivity (Wildman–Crippen MR) is 79.3 cm³/mol. The number of pyridine rings is 1. The van der Waals surface area contributed by atoms with E-state index >= 15 is 0 Å². The number of benzene rings is 1. The quantitative estimate of drug-likeness (QED) is 0.817.